The highest BCUT2D eigenvalue weighted by molar-refractivity contribution is 5.73. The Morgan fingerprint density at radius 2 is 0.576 bits per heavy atom. The molecule has 85 heavy (non-hydrogen) atoms. The van der Waals surface area contributed by atoms with E-state index in [1.54, 1.807) is 0 Å². The third-order valence-corrected chi connectivity index (χ3v) is 12.1. The summed E-state index contributed by atoms with van der Waals surface area (Å²) >= 11 is 0. The molecule has 0 radical (unpaired) electrons. The van der Waals surface area contributed by atoms with Crippen molar-refractivity contribution in [2.24, 2.45) is 0 Å². The predicted octanol–water partition coefficient (Wildman–Crippen LogP) is 4.32. The molecule has 0 aliphatic heterocycles. The summed E-state index contributed by atoms with van der Waals surface area (Å²) in [6.45, 7) is 11.8. The number of carbonyl (C=O) groups excluding carboxylic acids is 1. The molecule has 0 heterocycles. The zero-order valence-electron chi connectivity index (χ0n) is 49.3. The van der Waals surface area contributed by atoms with Crippen LogP contribution in [-0.4, -0.2) is 235 Å². The average Bonchev–Trinajstić information content (AvgIpc) is 3.68. The number of aliphatic hydroxyl groups is 6. The molecule has 0 aromatic heterocycles. The van der Waals surface area contributed by atoms with Gasteiger partial charge in [-0.25, -0.2) is 0 Å². The van der Waals surface area contributed by atoms with Crippen LogP contribution >= 0.6 is 0 Å². The van der Waals surface area contributed by atoms with Gasteiger partial charge in [0.15, 0.2) is 6.29 Å². The van der Waals surface area contributed by atoms with Gasteiger partial charge in [0.05, 0.1) is 164 Å². The molecule has 466 valence electrons. The summed E-state index contributed by atoms with van der Waals surface area (Å²) in [4.78, 5) is 16.4. The highest BCUT2D eigenvalue weighted by atomic mass is 16.5. The zero-order valence-corrected chi connectivity index (χ0v) is 49.3. The summed E-state index contributed by atoms with van der Waals surface area (Å²) in [5.41, 5.74) is 7.09. The summed E-state index contributed by atoms with van der Waals surface area (Å²) in [7, 11) is 0. The minimum Gasteiger partial charge on any atom is -0.394 e. The molecule has 0 atom stereocenters. The molecule has 0 amide bonds. The Morgan fingerprint density at radius 3 is 0.871 bits per heavy atom. The molecule has 0 saturated heterocycles. The second-order valence-electron chi connectivity index (χ2n) is 18.2. The third-order valence-electron chi connectivity index (χ3n) is 12.1. The van der Waals surface area contributed by atoms with Crippen molar-refractivity contribution in [2.75, 3.05) is 213 Å². The standard InChI is InChI=1S/C41H58N2O10.C16H27NO5.C9H6O/c44-20-28-48-24-16-42(18-26-50-32-34-52-30-22-46)39-11-7-37(8-12-39)41(15-6-36-4-2-1-3-5-36)38-9-13-40(14-10-38)43(17-25-49-29-21-45)19-27-51-33-35-53-31-23-47;18-8-12-20-10-6-17(16-4-2-1-3-5-16)7-11-21-14-15-22-13-9-19;10-8-4-7-9-5-2-1-3-6-9/h1-5,7-14,41,44-47H,16-35H2;1-5,18-19H,6-15H2;1-3,5-6,8H. The van der Waals surface area contributed by atoms with E-state index in [0.717, 1.165) is 52.4 Å². The van der Waals surface area contributed by atoms with E-state index >= 15 is 0 Å². The Labute approximate surface area is 503 Å². The molecule has 5 rings (SSSR count). The summed E-state index contributed by atoms with van der Waals surface area (Å²) in [6, 6.07) is 46.3. The minimum atomic E-state index is -0.189. The zero-order chi connectivity index (χ0) is 60.7. The maximum absolute atomic E-state index is 9.80. The van der Waals surface area contributed by atoms with E-state index in [1.165, 1.54) is 0 Å². The second kappa shape index (κ2) is 52.1. The molecular weight excluding hydrogens is 1090 g/mol. The van der Waals surface area contributed by atoms with E-state index in [-0.39, 0.29) is 58.8 Å². The fraction of sp³-hybridized carbons (Fsp3) is 0.470. The topological polar surface area (TPSA) is 231 Å². The maximum Gasteiger partial charge on any atom is 0.193 e. The Morgan fingerprint density at radius 1 is 0.318 bits per heavy atom. The first-order chi connectivity index (χ1) is 42.0. The Bertz CT molecular complexity index is 2370. The average molecular weight is 1180 g/mol. The van der Waals surface area contributed by atoms with E-state index in [0.29, 0.717) is 138 Å². The quantitative estimate of drug-likeness (QED) is 0.0181. The number of benzene rings is 5. The first-order valence-corrected chi connectivity index (χ1v) is 28.9. The normalized spacial score (nSPS) is 10.6. The van der Waals surface area contributed by atoms with Crippen LogP contribution in [0.3, 0.4) is 0 Å². The number of hydrogen-bond acceptors (Lipinski definition) is 19. The van der Waals surface area contributed by atoms with Gasteiger partial charge in [-0.15, -0.1) is 0 Å². The van der Waals surface area contributed by atoms with Crippen molar-refractivity contribution >= 4 is 23.3 Å². The van der Waals surface area contributed by atoms with Crippen LogP contribution in [0.1, 0.15) is 28.2 Å². The van der Waals surface area contributed by atoms with Crippen molar-refractivity contribution in [3.8, 4) is 23.7 Å². The van der Waals surface area contributed by atoms with Gasteiger partial charge in [-0.05, 0) is 77.7 Å². The summed E-state index contributed by atoms with van der Waals surface area (Å²) < 4.78 is 49.3. The molecule has 5 aromatic rings. The molecule has 0 fully saturated rings. The number of rotatable bonds is 44. The van der Waals surface area contributed by atoms with Crippen LogP contribution in [0.2, 0.25) is 0 Å². The molecule has 19 nitrogen and oxygen atoms in total. The van der Waals surface area contributed by atoms with E-state index in [2.05, 4.69) is 99.0 Å². The van der Waals surface area contributed by atoms with Crippen molar-refractivity contribution in [3.05, 3.63) is 162 Å². The van der Waals surface area contributed by atoms with Gasteiger partial charge in [0, 0.05) is 67.5 Å². The molecule has 0 unspecified atom stereocenters. The predicted molar refractivity (Wildman–Crippen MR) is 330 cm³/mol. The van der Waals surface area contributed by atoms with E-state index < -0.39 is 0 Å². The monoisotopic (exact) mass is 1180 g/mol. The van der Waals surface area contributed by atoms with Gasteiger partial charge in [-0.3, -0.25) is 4.79 Å². The highest BCUT2D eigenvalue weighted by Gasteiger charge is 2.16. The fourth-order valence-electron chi connectivity index (χ4n) is 7.88. The van der Waals surface area contributed by atoms with E-state index in [9.17, 15) is 4.79 Å². The number of anilines is 3. The van der Waals surface area contributed by atoms with Gasteiger partial charge in [0.25, 0.3) is 0 Å². The fourth-order valence-corrected chi connectivity index (χ4v) is 7.88. The third kappa shape index (κ3) is 35.7. The van der Waals surface area contributed by atoms with Crippen molar-refractivity contribution in [1.29, 1.82) is 0 Å². The van der Waals surface area contributed by atoms with Gasteiger partial charge < -0.3 is 88.0 Å². The number of carbonyl (C=O) groups is 1. The molecule has 0 bridgehead atoms. The van der Waals surface area contributed by atoms with Crippen LogP contribution in [-0.2, 0) is 47.4 Å². The molecule has 19 heteroatoms. The molecule has 0 aliphatic carbocycles. The SMILES string of the molecule is O=CC#Cc1ccccc1.OCCOCCOCCN(CCOCCO)c1ccc(C(C#Cc2ccccc2)c2ccc(N(CCOCCO)CCOCCOCCO)cc2)cc1.OCCOCCOCCN(CCOCCO)c1ccccc1. The largest absolute Gasteiger partial charge is 0.394 e. The van der Waals surface area contributed by atoms with Crippen LogP contribution in [0, 0.1) is 23.7 Å². The number of hydrogen-bond donors (Lipinski definition) is 6. The molecular formula is C66H91N3O16. The lowest BCUT2D eigenvalue weighted by Gasteiger charge is -2.26. The van der Waals surface area contributed by atoms with Crippen molar-refractivity contribution in [3.63, 3.8) is 0 Å². The first kappa shape index (κ1) is 72.9. The van der Waals surface area contributed by atoms with Crippen molar-refractivity contribution in [2.45, 2.75) is 5.92 Å². The summed E-state index contributed by atoms with van der Waals surface area (Å²) in [5.74, 6) is 11.7. The van der Waals surface area contributed by atoms with Gasteiger partial charge >= 0.3 is 0 Å². The molecule has 0 saturated carbocycles. The highest BCUT2D eigenvalue weighted by Crippen LogP contribution is 2.29. The lowest BCUT2D eigenvalue weighted by atomic mass is 9.91. The van der Waals surface area contributed by atoms with Crippen LogP contribution in [0.25, 0.3) is 0 Å². The lowest BCUT2D eigenvalue weighted by molar-refractivity contribution is -0.103. The Kier molecular flexibility index (Phi) is 44.7. The van der Waals surface area contributed by atoms with Crippen LogP contribution in [0.5, 0.6) is 0 Å². The van der Waals surface area contributed by atoms with Crippen LogP contribution < -0.4 is 14.7 Å². The van der Waals surface area contributed by atoms with Crippen LogP contribution in [0.4, 0.5) is 17.1 Å². The Hall–Kier alpha value is -6.31. The number of aldehydes is 1. The van der Waals surface area contributed by atoms with Gasteiger partial charge in [0.1, 0.15) is 0 Å². The molecule has 0 spiro atoms. The maximum atomic E-state index is 9.80. The van der Waals surface area contributed by atoms with Gasteiger partial charge in [-0.1, -0.05) is 96.6 Å². The first-order valence-electron chi connectivity index (χ1n) is 28.9. The number of nitrogens with zero attached hydrogens (tertiary/aromatic N) is 3. The second-order valence-corrected chi connectivity index (χ2v) is 18.2. The van der Waals surface area contributed by atoms with Gasteiger partial charge in [0.2, 0.25) is 0 Å². The van der Waals surface area contributed by atoms with Crippen LogP contribution in [0.15, 0.2) is 140 Å². The lowest BCUT2D eigenvalue weighted by Crippen LogP contribution is -2.31. The summed E-state index contributed by atoms with van der Waals surface area (Å²) in [5, 5.41) is 53.4. The van der Waals surface area contributed by atoms with Crippen molar-refractivity contribution in [1.82, 2.24) is 0 Å². The number of ether oxygens (including phenoxy) is 9. The summed E-state index contributed by atoms with van der Waals surface area (Å²) in [6.07, 6.45) is 0.590. The number of aliphatic hydroxyl groups excluding tert-OH is 6. The smallest absolute Gasteiger partial charge is 0.193 e. The minimum absolute atomic E-state index is 0.0103. The molecule has 5 aromatic carbocycles. The molecule has 6 N–H and O–H groups in total. The molecule has 0 aliphatic rings. The van der Waals surface area contributed by atoms with Crippen molar-refractivity contribution < 1.29 is 78.1 Å². The number of para-hydroxylation sites is 1. The van der Waals surface area contributed by atoms with E-state index in [1.807, 2.05) is 78.9 Å². The van der Waals surface area contributed by atoms with Gasteiger partial charge in [-0.2, -0.15) is 0 Å². The van der Waals surface area contributed by atoms with E-state index in [4.69, 9.17) is 73.3 Å². The Balaban J connectivity index is 0.000000479.